The van der Waals surface area contributed by atoms with Crippen LogP contribution in [0, 0.1) is 0 Å². The lowest BCUT2D eigenvalue weighted by Gasteiger charge is -2.19. The molecule has 6 nitrogen and oxygen atoms in total. The number of thiophene rings is 1. The van der Waals surface area contributed by atoms with Crippen LogP contribution in [0.25, 0.3) is 11.3 Å². The zero-order chi connectivity index (χ0) is 20.8. The first-order chi connectivity index (χ1) is 14.7. The van der Waals surface area contributed by atoms with Crippen molar-refractivity contribution < 1.29 is 4.79 Å². The minimum atomic E-state index is -0.639. The molecule has 0 radical (unpaired) electrons. The predicted octanol–water partition coefficient (Wildman–Crippen LogP) is 3.87. The zero-order valence-electron chi connectivity index (χ0n) is 16.2. The van der Waals surface area contributed by atoms with Crippen molar-refractivity contribution in [2.75, 3.05) is 11.9 Å². The van der Waals surface area contributed by atoms with E-state index in [2.05, 4.69) is 15.3 Å². The summed E-state index contributed by atoms with van der Waals surface area (Å²) in [6, 6.07) is 15.4. The maximum absolute atomic E-state index is 12.4. The van der Waals surface area contributed by atoms with Crippen LogP contribution in [0.2, 0.25) is 0 Å². The highest BCUT2D eigenvalue weighted by Crippen LogP contribution is 2.32. The fourth-order valence-electron chi connectivity index (χ4n) is 3.31. The van der Waals surface area contributed by atoms with Crippen LogP contribution >= 0.6 is 11.3 Å². The smallest absolute Gasteiger partial charge is 0.229 e. The Bertz CT molecular complexity index is 1100. The molecule has 0 aliphatic rings. The van der Waals surface area contributed by atoms with E-state index in [1.165, 1.54) is 0 Å². The Morgan fingerprint density at radius 3 is 2.73 bits per heavy atom. The highest BCUT2D eigenvalue weighted by molar-refractivity contribution is 7.08. The fraction of sp³-hybridized carbons (Fsp3) is 0.130. The number of nitrogens with zero attached hydrogens (tertiary/aromatic N) is 3. The highest BCUT2D eigenvalue weighted by atomic mass is 32.1. The molecule has 0 aliphatic carbocycles. The standard InChI is InChI=1S/C23H21N5OS/c24-22(29)21(16-4-3-10-25-14-16)19-6-7-20(17-9-13-30-15-17)28-23(19)27-12-8-18-5-1-2-11-26-18/h1-7,9-11,13-15,21H,8,12H2,(H2,24,29)(H,27,28). The lowest BCUT2D eigenvalue weighted by molar-refractivity contribution is -0.118. The third-order valence-corrected chi connectivity index (χ3v) is 5.44. The van der Waals surface area contributed by atoms with Crippen molar-refractivity contribution in [3.8, 4) is 11.3 Å². The van der Waals surface area contributed by atoms with Crippen LogP contribution in [0.4, 0.5) is 5.82 Å². The largest absolute Gasteiger partial charge is 0.369 e. The third-order valence-electron chi connectivity index (χ3n) is 4.76. The molecule has 0 fully saturated rings. The molecule has 0 aromatic carbocycles. The summed E-state index contributed by atoms with van der Waals surface area (Å²) in [5.41, 5.74) is 10.1. The van der Waals surface area contributed by atoms with E-state index in [9.17, 15) is 4.79 Å². The molecule has 0 aliphatic heterocycles. The van der Waals surface area contributed by atoms with Gasteiger partial charge in [0, 0.05) is 53.8 Å². The summed E-state index contributed by atoms with van der Waals surface area (Å²) in [5, 5.41) is 7.46. The molecule has 1 unspecified atom stereocenters. The van der Waals surface area contributed by atoms with E-state index in [0.29, 0.717) is 12.4 Å². The number of nitrogens with one attached hydrogen (secondary N) is 1. The second-order valence-electron chi connectivity index (χ2n) is 6.77. The Morgan fingerprint density at radius 2 is 2.03 bits per heavy atom. The van der Waals surface area contributed by atoms with Gasteiger partial charge >= 0.3 is 0 Å². The predicted molar refractivity (Wildman–Crippen MR) is 119 cm³/mol. The summed E-state index contributed by atoms with van der Waals surface area (Å²) in [6.45, 7) is 0.628. The molecule has 4 heterocycles. The van der Waals surface area contributed by atoms with Gasteiger partial charge in [0.15, 0.2) is 0 Å². The summed E-state index contributed by atoms with van der Waals surface area (Å²) in [5.74, 6) is -0.441. The van der Waals surface area contributed by atoms with Gasteiger partial charge < -0.3 is 11.1 Å². The Hall–Kier alpha value is -3.58. The highest BCUT2D eigenvalue weighted by Gasteiger charge is 2.24. The Balaban J connectivity index is 1.68. The average Bonchev–Trinajstić information content (AvgIpc) is 3.31. The summed E-state index contributed by atoms with van der Waals surface area (Å²) in [6.07, 6.45) is 5.85. The van der Waals surface area contributed by atoms with Crippen molar-refractivity contribution in [1.82, 2.24) is 15.0 Å². The SMILES string of the molecule is NC(=O)C(c1cccnc1)c1ccc(-c2ccsc2)nc1NCCc1ccccn1. The van der Waals surface area contributed by atoms with Gasteiger partial charge in [0.05, 0.1) is 11.6 Å². The summed E-state index contributed by atoms with van der Waals surface area (Å²) in [4.78, 5) is 25.7. The second-order valence-corrected chi connectivity index (χ2v) is 7.55. The molecule has 1 amide bonds. The molecule has 1 atom stereocenters. The van der Waals surface area contributed by atoms with E-state index < -0.39 is 11.8 Å². The van der Waals surface area contributed by atoms with E-state index in [1.54, 1.807) is 36.0 Å². The molecule has 4 aromatic rings. The lowest BCUT2D eigenvalue weighted by Crippen LogP contribution is -2.24. The van der Waals surface area contributed by atoms with Crippen molar-refractivity contribution in [2.45, 2.75) is 12.3 Å². The number of aromatic nitrogens is 3. The molecule has 4 aromatic heterocycles. The number of carbonyl (C=O) groups is 1. The lowest BCUT2D eigenvalue weighted by atomic mass is 9.91. The normalized spacial score (nSPS) is 11.7. The van der Waals surface area contributed by atoms with E-state index in [0.717, 1.165) is 34.5 Å². The van der Waals surface area contributed by atoms with Crippen LogP contribution in [0.15, 0.2) is 77.9 Å². The van der Waals surface area contributed by atoms with Gasteiger partial charge in [-0.25, -0.2) is 4.98 Å². The number of pyridine rings is 3. The van der Waals surface area contributed by atoms with Crippen LogP contribution in [-0.4, -0.2) is 27.4 Å². The molecule has 0 saturated heterocycles. The molecule has 150 valence electrons. The molecular weight excluding hydrogens is 394 g/mol. The number of rotatable bonds is 8. The Labute approximate surface area is 178 Å². The van der Waals surface area contributed by atoms with E-state index in [-0.39, 0.29) is 0 Å². The van der Waals surface area contributed by atoms with Crippen LogP contribution in [0.3, 0.4) is 0 Å². The van der Waals surface area contributed by atoms with E-state index in [4.69, 9.17) is 10.7 Å². The topological polar surface area (TPSA) is 93.8 Å². The number of carbonyl (C=O) groups excluding carboxylic acids is 1. The Morgan fingerprint density at radius 1 is 1.10 bits per heavy atom. The van der Waals surface area contributed by atoms with Gasteiger partial charge in [-0.2, -0.15) is 11.3 Å². The van der Waals surface area contributed by atoms with Gasteiger partial charge in [-0.1, -0.05) is 18.2 Å². The first kappa shape index (κ1) is 19.7. The van der Waals surface area contributed by atoms with Crippen LogP contribution < -0.4 is 11.1 Å². The van der Waals surface area contributed by atoms with Crippen LogP contribution in [-0.2, 0) is 11.2 Å². The van der Waals surface area contributed by atoms with Crippen LogP contribution in [0.1, 0.15) is 22.7 Å². The summed E-state index contributed by atoms with van der Waals surface area (Å²) >= 11 is 1.62. The van der Waals surface area contributed by atoms with Crippen molar-refractivity contribution in [3.05, 3.63) is 94.7 Å². The van der Waals surface area contributed by atoms with Gasteiger partial charge in [0.2, 0.25) is 5.91 Å². The van der Waals surface area contributed by atoms with Gasteiger partial charge in [-0.15, -0.1) is 0 Å². The van der Waals surface area contributed by atoms with Crippen molar-refractivity contribution >= 4 is 23.1 Å². The van der Waals surface area contributed by atoms with Crippen LogP contribution in [0.5, 0.6) is 0 Å². The molecule has 7 heteroatoms. The van der Waals surface area contributed by atoms with E-state index in [1.807, 2.05) is 53.2 Å². The van der Waals surface area contributed by atoms with Crippen molar-refractivity contribution in [1.29, 1.82) is 0 Å². The monoisotopic (exact) mass is 415 g/mol. The maximum Gasteiger partial charge on any atom is 0.229 e. The molecule has 30 heavy (non-hydrogen) atoms. The van der Waals surface area contributed by atoms with Gasteiger partial charge in [0.25, 0.3) is 0 Å². The Kier molecular flexibility index (Phi) is 6.10. The number of nitrogens with two attached hydrogens (primary N) is 1. The number of amides is 1. The first-order valence-electron chi connectivity index (χ1n) is 9.59. The van der Waals surface area contributed by atoms with E-state index >= 15 is 0 Å². The maximum atomic E-state index is 12.4. The summed E-state index contributed by atoms with van der Waals surface area (Å²) in [7, 11) is 0. The third kappa shape index (κ3) is 4.52. The molecule has 3 N–H and O–H groups in total. The number of anilines is 1. The van der Waals surface area contributed by atoms with Gasteiger partial charge in [-0.05, 0) is 41.3 Å². The molecule has 0 saturated carbocycles. The van der Waals surface area contributed by atoms with Gasteiger partial charge in [0.1, 0.15) is 5.82 Å². The molecule has 4 rings (SSSR count). The number of primary amides is 1. The fourth-order valence-corrected chi connectivity index (χ4v) is 3.96. The second kappa shape index (κ2) is 9.28. The van der Waals surface area contributed by atoms with Gasteiger partial charge in [-0.3, -0.25) is 14.8 Å². The minimum Gasteiger partial charge on any atom is -0.369 e. The first-order valence-corrected chi connectivity index (χ1v) is 10.5. The molecular formula is C23H21N5OS. The van der Waals surface area contributed by atoms with Crippen molar-refractivity contribution in [2.24, 2.45) is 5.73 Å². The van der Waals surface area contributed by atoms with Crippen molar-refractivity contribution in [3.63, 3.8) is 0 Å². The molecule has 0 bridgehead atoms. The summed E-state index contributed by atoms with van der Waals surface area (Å²) < 4.78 is 0. The average molecular weight is 416 g/mol. The zero-order valence-corrected chi connectivity index (χ0v) is 17.0. The number of hydrogen-bond donors (Lipinski definition) is 2. The number of hydrogen-bond acceptors (Lipinski definition) is 6. The molecule has 0 spiro atoms. The minimum absolute atomic E-state index is 0.444. The quantitative estimate of drug-likeness (QED) is 0.456.